The molecule has 0 saturated carbocycles. The van der Waals surface area contributed by atoms with Crippen LogP contribution in [0.5, 0.6) is 5.75 Å². The van der Waals surface area contributed by atoms with Crippen LogP contribution in [0, 0.1) is 27.7 Å². The lowest BCUT2D eigenvalue weighted by Gasteiger charge is -2.15. The second kappa shape index (κ2) is 6.68. The second-order valence-corrected chi connectivity index (χ2v) is 6.27. The molecule has 1 atom stereocenters. The fraction of sp³-hybridized carbons (Fsp3) is 0.389. The normalized spacial score (nSPS) is 12.5. The van der Waals surface area contributed by atoms with Gasteiger partial charge in [-0.1, -0.05) is 17.3 Å². The van der Waals surface area contributed by atoms with E-state index in [1.54, 1.807) is 13.8 Å². The molecule has 0 radical (unpaired) electrons. The summed E-state index contributed by atoms with van der Waals surface area (Å²) in [6.45, 7) is 7.52. The number of hydrogen-bond acceptors (Lipinski definition) is 6. The third-order valence-corrected chi connectivity index (χ3v) is 4.09. The van der Waals surface area contributed by atoms with E-state index in [4.69, 9.17) is 9.26 Å². The molecule has 0 fully saturated rings. The van der Waals surface area contributed by atoms with Crippen molar-refractivity contribution in [2.75, 3.05) is 6.61 Å². The number of rotatable bonds is 5. The molecule has 0 saturated heterocycles. The lowest BCUT2D eigenvalue weighted by molar-refractivity contribution is 0.0876. The molecule has 3 aromatic rings. The van der Waals surface area contributed by atoms with Crippen molar-refractivity contribution in [1.29, 1.82) is 0 Å². The van der Waals surface area contributed by atoms with Crippen molar-refractivity contribution in [3.05, 3.63) is 51.1 Å². The van der Waals surface area contributed by atoms with Crippen molar-refractivity contribution in [2.24, 2.45) is 0 Å². The fourth-order valence-electron chi connectivity index (χ4n) is 2.77. The van der Waals surface area contributed by atoms with Crippen molar-refractivity contribution < 1.29 is 14.4 Å². The summed E-state index contributed by atoms with van der Waals surface area (Å²) in [5.41, 5.74) is 2.55. The summed E-state index contributed by atoms with van der Waals surface area (Å²) < 4.78 is 12.0. The zero-order chi connectivity index (χ0) is 18.1. The first-order valence-electron chi connectivity index (χ1n) is 8.08. The highest BCUT2D eigenvalue weighted by Crippen LogP contribution is 2.19. The van der Waals surface area contributed by atoms with Crippen molar-refractivity contribution in [3.63, 3.8) is 0 Å². The summed E-state index contributed by atoms with van der Waals surface area (Å²) in [5, 5.41) is 18.9. The van der Waals surface area contributed by atoms with Crippen LogP contribution in [0.25, 0.3) is 10.9 Å². The Morgan fingerprint density at radius 2 is 2.04 bits per heavy atom. The van der Waals surface area contributed by atoms with Crippen LogP contribution in [-0.4, -0.2) is 32.8 Å². The monoisotopic (exact) mass is 343 g/mol. The molecule has 0 spiro atoms. The van der Waals surface area contributed by atoms with Gasteiger partial charge < -0.3 is 14.4 Å². The summed E-state index contributed by atoms with van der Waals surface area (Å²) in [4.78, 5) is 12.4. The van der Waals surface area contributed by atoms with Crippen molar-refractivity contribution >= 4 is 10.9 Å². The Hall–Kier alpha value is -2.67. The van der Waals surface area contributed by atoms with Crippen molar-refractivity contribution in [3.8, 4) is 5.75 Å². The van der Waals surface area contributed by atoms with Crippen molar-refractivity contribution in [1.82, 2.24) is 14.9 Å². The molecule has 0 aliphatic rings. The molecule has 0 bridgehead atoms. The van der Waals surface area contributed by atoms with E-state index in [0.29, 0.717) is 16.8 Å². The van der Waals surface area contributed by atoms with Gasteiger partial charge in [-0.05, 0) is 44.9 Å². The van der Waals surface area contributed by atoms with Crippen LogP contribution in [-0.2, 0) is 6.54 Å². The molecule has 1 N–H and O–H groups in total. The van der Waals surface area contributed by atoms with Crippen LogP contribution in [0.1, 0.15) is 22.6 Å². The van der Waals surface area contributed by atoms with Gasteiger partial charge in [-0.25, -0.2) is 4.68 Å². The van der Waals surface area contributed by atoms with Crippen LogP contribution >= 0.6 is 0 Å². The Balaban J connectivity index is 1.76. The summed E-state index contributed by atoms with van der Waals surface area (Å²) in [5.74, 6) is 1.28. The molecule has 25 heavy (non-hydrogen) atoms. The molecule has 0 amide bonds. The van der Waals surface area contributed by atoms with Crippen LogP contribution in [0.15, 0.2) is 27.5 Å². The molecule has 7 heteroatoms. The quantitative estimate of drug-likeness (QED) is 0.762. The Labute approximate surface area is 144 Å². The van der Waals surface area contributed by atoms with Gasteiger partial charge in [-0.15, -0.1) is 0 Å². The predicted octanol–water partition coefficient (Wildman–Crippen LogP) is 2.06. The average molecular weight is 343 g/mol. The lowest BCUT2D eigenvalue weighted by Crippen LogP contribution is -2.32. The highest BCUT2D eigenvalue weighted by molar-refractivity contribution is 5.81. The van der Waals surface area contributed by atoms with E-state index >= 15 is 0 Å². The standard InChI is InChI=1S/C18H21N3O4/c1-10-5-6-11(2)15(7-10)24-9-14(22)8-21-18(23)17-16(12(3)19-21)13(4)25-20-17/h5-7,14,22H,8-9H2,1-4H3. The van der Waals surface area contributed by atoms with Gasteiger partial charge in [0.05, 0.1) is 17.6 Å². The maximum atomic E-state index is 12.4. The molecular formula is C18H21N3O4. The SMILES string of the molecule is Cc1ccc(C)c(OCC(O)Cn2nc(C)c3c(C)onc3c2=O)c1. The Kier molecular flexibility index (Phi) is 4.59. The molecule has 132 valence electrons. The zero-order valence-electron chi connectivity index (χ0n) is 14.7. The van der Waals surface area contributed by atoms with E-state index in [2.05, 4.69) is 10.3 Å². The topological polar surface area (TPSA) is 90.4 Å². The first-order valence-corrected chi connectivity index (χ1v) is 8.08. The number of benzene rings is 1. The summed E-state index contributed by atoms with van der Waals surface area (Å²) in [6, 6.07) is 5.88. The van der Waals surface area contributed by atoms with E-state index in [1.807, 2.05) is 32.0 Å². The second-order valence-electron chi connectivity index (χ2n) is 6.27. The minimum atomic E-state index is -0.880. The number of aliphatic hydroxyl groups excluding tert-OH is 1. The van der Waals surface area contributed by atoms with E-state index in [1.165, 1.54) is 4.68 Å². The highest BCUT2D eigenvalue weighted by Gasteiger charge is 2.17. The largest absolute Gasteiger partial charge is 0.491 e. The number of aromatic nitrogens is 3. The lowest BCUT2D eigenvalue weighted by atomic mass is 10.1. The van der Waals surface area contributed by atoms with E-state index < -0.39 is 6.10 Å². The maximum absolute atomic E-state index is 12.4. The number of hydrogen-bond donors (Lipinski definition) is 1. The first kappa shape index (κ1) is 17.2. The Morgan fingerprint density at radius 1 is 1.28 bits per heavy atom. The third kappa shape index (κ3) is 3.41. The number of aliphatic hydroxyl groups is 1. The molecule has 7 nitrogen and oxygen atoms in total. The summed E-state index contributed by atoms with van der Waals surface area (Å²) in [6.07, 6.45) is -0.880. The number of aryl methyl sites for hydroxylation is 4. The van der Waals surface area contributed by atoms with E-state index in [-0.39, 0.29) is 24.2 Å². The van der Waals surface area contributed by atoms with E-state index in [9.17, 15) is 9.90 Å². The van der Waals surface area contributed by atoms with E-state index in [0.717, 1.165) is 16.9 Å². The summed E-state index contributed by atoms with van der Waals surface area (Å²) >= 11 is 0. The minimum Gasteiger partial charge on any atom is -0.491 e. The van der Waals surface area contributed by atoms with Gasteiger partial charge in [0.1, 0.15) is 24.2 Å². The van der Waals surface area contributed by atoms with Gasteiger partial charge >= 0.3 is 0 Å². The number of ether oxygens (including phenoxy) is 1. The van der Waals surface area contributed by atoms with Crippen LogP contribution in [0.2, 0.25) is 0 Å². The Morgan fingerprint density at radius 3 is 2.80 bits per heavy atom. The van der Waals surface area contributed by atoms with Crippen LogP contribution in [0.3, 0.4) is 0 Å². The molecule has 2 heterocycles. The number of fused-ring (bicyclic) bond motifs is 1. The predicted molar refractivity (Wildman–Crippen MR) is 93.0 cm³/mol. The van der Waals surface area contributed by atoms with Crippen LogP contribution in [0.4, 0.5) is 0 Å². The first-order chi connectivity index (χ1) is 11.9. The van der Waals surface area contributed by atoms with Gasteiger partial charge in [0.2, 0.25) is 0 Å². The number of nitrogens with zero attached hydrogens (tertiary/aromatic N) is 3. The van der Waals surface area contributed by atoms with Gasteiger partial charge in [0.25, 0.3) is 5.56 Å². The van der Waals surface area contributed by atoms with Gasteiger partial charge in [0.15, 0.2) is 5.52 Å². The average Bonchev–Trinajstić information content (AvgIpc) is 2.96. The Bertz CT molecular complexity index is 974. The van der Waals surface area contributed by atoms with Crippen LogP contribution < -0.4 is 10.3 Å². The molecule has 1 aromatic carbocycles. The highest BCUT2D eigenvalue weighted by atomic mass is 16.5. The minimum absolute atomic E-state index is 0.0202. The molecule has 0 aliphatic carbocycles. The molecule has 1 unspecified atom stereocenters. The van der Waals surface area contributed by atoms with Crippen molar-refractivity contribution in [2.45, 2.75) is 40.3 Å². The smallest absolute Gasteiger partial charge is 0.296 e. The molecule has 0 aliphatic heterocycles. The van der Waals surface area contributed by atoms with Gasteiger partial charge in [0, 0.05) is 0 Å². The maximum Gasteiger partial charge on any atom is 0.296 e. The molecular weight excluding hydrogens is 322 g/mol. The molecule has 2 aromatic heterocycles. The fourth-order valence-corrected chi connectivity index (χ4v) is 2.77. The third-order valence-electron chi connectivity index (χ3n) is 4.09. The zero-order valence-corrected chi connectivity index (χ0v) is 14.7. The summed E-state index contributed by atoms with van der Waals surface area (Å²) in [7, 11) is 0. The van der Waals surface area contributed by atoms with Gasteiger partial charge in [-0.2, -0.15) is 5.10 Å². The van der Waals surface area contributed by atoms with Gasteiger partial charge in [-0.3, -0.25) is 4.79 Å². The molecule has 3 rings (SSSR count).